The van der Waals surface area contributed by atoms with E-state index >= 15 is 0 Å². The van der Waals surface area contributed by atoms with Gasteiger partial charge in [-0.25, -0.2) is 4.79 Å². The third-order valence-corrected chi connectivity index (χ3v) is 15.6. The minimum atomic E-state index is -2.79. The first kappa shape index (κ1) is 58.4. The van der Waals surface area contributed by atoms with Gasteiger partial charge in [-0.15, -0.1) is 0 Å². The fourth-order valence-corrected chi connectivity index (χ4v) is 11.4. The van der Waals surface area contributed by atoms with E-state index in [9.17, 15) is 38.8 Å². The molecule has 1 aliphatic carbocycles. The quantitative estimate of drug-likeness (QED) is 0.104. The first-order valence-corrected chi connectivity index (χ1v) is 27.7. The van der Waals surface area contributed by atoms with Crippen LogP contribution in [0.2, 0.25) is 0 Å². The highest BCUT2D eigenvalue weighted by Crippen LogP contribution is 2.45. The lowest BCUT2D eigenvalue weighted by Gasteiger charge is -2.42. The largest absolute Gasteiger partial charge is 0.460 e. The second-order valence-electron chi connectivity index (χ2n) is 20.9. The lowest BCUT2D eigenvalue weighted by Crippen LogP contribution is -2.61. The number of Topliss-reactive ketones (excluding diaryl/α,β-unsaturated/α-hetero) is 3. The minimum Gasteiger partial charge on any atom is -0.460 e. The topological polar surface area (TPSA) is 201 Å². The number of nitrogens with zero attached hydrogens (tertiary/aromatic N) is 1. The summed E-state index contributed by atoms with van der Waals surface area (Å²) in [7, 11) is 1.76. The Labute approximate surface area is 411 Å². The summed E-state index contributed by atoms with van der Waals surface area (Å²) in [5.41, 5.74) is 1.25. The third kappa shape index (κ3) is 16.2. The predicted octanol–water partition coefficient (Wildman–Crippen LogP) is 7.74. The first-order chi connectivity index (χ1) is 32.4. The summed E-state index contributed by atoms with van der Waals surface area (Å²) in [5, 5.41) is 23.5. The number of piperidine rings is 1. The highest BCUT2D eigenvalue weighted by molar-refractivity contribution is 7.57. The molecule has 1 saturated carbocycles. The average molecular weight is 990 g/mol. The normalized spacial score (nSPS) is 39.0. The fraction of sp³-hybridized carbons (Fsp3) is 0.755. The van der Waals surface area contributed by atoms with Crippen molar-refractivity contribution < 1.29 is 67.0 Å². The van der Waals surface area contributed by atoms with Crippen LogP contribution in [0.3, 0.4) is 0 Å². The average Bonchev–Trinajstić information content (AvgIpc) is 3.30. The summed E-state index contributed by atoms with van der Waals surface area (Å²) in [5.74, 6) is -8.11. The van der Waals surface area contributed by atoms with Gasteiger partial charge >= 0.3 is 5.97 Å². The Morgan fingerprint density at radius 2 is 1.57 bits per heavy atom. The molecule has 2 saturated heterocycles. The van der Waals surface area contributed by atoms with E-state index in [1.54, 1.807) is 54.4 Å². The number of aliphatic hydroxyl groups is 2. The molecule has 0 spiro atoms. The van der Waals surface area contributed by atoms with Crippen molar-refractivity contribution in [3.63, 3.8) is 0 Å². The summed E-state index contributed by atoms with van der Waals surface area (Å²) < 4.78 is 48.2. The molecule has 3 heterocycles. The van der Waals surface area contributed by atoms with Gasteiger partial charge in [-0.3, -0.25) is 23.7 Å². The summed E-state index contributed by atoms with van der Waals surface area (Å²) in [4.78, 5) is 72.2. The van der Waals surface area contributed by atoms with E-state index in [1.165, 1.54) is 12.0 Å². The van der Waals surface area contributed by atoms with Crippen molar-refractivity contribution in [3.05, 3.63) is 47.6 Å². The number of ether oxygens (including phenoxy) is 5. The lowest BCUT2D eigenvalue weighted by molar-refractivity contribution is -0.265. The number of amides is 1. The van der Waals surface area contributed by atoms with Crippen LogP contribution in [0.5, 0.6) is 0 Å². The van der Waals surface area contributed by atoms with Crippen molar-refractivity contribution in [3.8, 4) is 0 Å². The number of carbonyl (C=O) groups is 5. The molecule has 15 atom stereocenters. The van der Waals surface area contributed by atoms with Crippen LogP contribution in [0.1, 0.15) is 126 Å². The molecule has 69 heavy (non-hydrogen) atoms. The Morgan fingerprint density at radius 3 is 2.22 bits per heavy atom. The number of hydrogen-bond acceptors (Lipinski definition) is 14. The van der Waals surface area contributed by atoms with Crippen LogP contribution in [0.4, 0.5) is 0 Å². The third-order valence-electron chi connectivity index (χ3n) is 14.8. The number of allylic oxidation sites excluding steroid dienone is 6. The summed E-state index contributed by atoms with van der Waals surface area (Å²) in [6.07, 6.45) is 11.4. The highest BCUT2D eigenvalue weighted by Gasteiger charge is 2.53. The Bertz CT molecular complexity index is 1940. The smallest absolute Gasteiger partial charge is 0.329 e. The van der Waals surface area contributed by atoms with Crippen molar-refractivity contribution >= 4 is 36.6 Å². The Kier molecular flexibility index (Phi) is 22.5. The first-order valence-electron chi connectivity index (χ1n) is 25.2. The fourth-order valence-electron chi connectivity index (χ4n) is 10.5. The molecule has 0 aromatic heterocycles. The van der Waals surface area contributed by atoms with Gasteiger partial charge in [0.2, 0.25) is 5.79 Å². The number of fused-ring (bicyclic) bond motifs is 3. The molecule has 0 aromatic rings. The second kappa shape index (κ2) is 26.5. The van der Waals surface area contributed by atoms with E-state index in [0.717, 1.165) is 12.0 Å². The summed E-state index contributed by atoms with van der Waals surface area (Å²) in [6.45, 7) is 15.9. The standard InChI is InChI=1S/C53H84NO14P/c1-32-18-14-13-15-19-33(2)44(63-8)30-40-23-21-38(7)53(61,67-40)50(58)51(59)54-25-17-16-20-41(54)52(60)66-45(35(4)28-39-22-24-43(46(29-39)64-9)68-69(11,12)62)31-42(55)34(3)27-37(6)48(57)49(65-10)47(56)36(5)26-32/h13-15,18-19,27,32,34-36,38-41,43-46,48-49,57,61H,16-17,20-26,28-31H2,1-12H3/b15-13+,18-14+,33-19-,37-27+/t32-,34-,35-,36-,38-,39+,40+,41?,43-,44+,45?,46-,48-,49+,53-/m1/s1. The number of rotatable bonds is 8. The van der Waals surface area contributed by atoms with Gasteiger partial charge in [-0.2, -0.15) is 0 Å². The van der Waals surface area contributed by atoms with Gasteiger partial charge in [0.25, 0.3) is 11.7 Å². The maximum absolute atomic E-state index is 14.5. The number of esters is 1. The molecule has 16 heteroatoms. The molecule has 3 aliphatic heterocycles. The zero-order valence-electron chi connectivity index (χ0n) is 43.4. The minimum absolute atomic E-state index is 0.0117. The molecule has 4 rings (SSSR count). The predicted molar refractivity (Wildman–Crippen MR) is 263 cm³/mol. The van der Waals surface area contributed by atoms with Gasteiger partial charge in [0, 0.05) is 71.8 Å². The number of aliphatic hydroxyl groups excluding tert-OH is 1. The maximum atomic E-state index is 14.5. The SMILES string of the molecule is CO[C@H]1C[C@@H]2CC[C@@H](C)[C@@](O)(O2)C(=O)C(=O)N2CCCCC2C(=O)OC([C@H](C)C[C@@H]2CC[C@@H](OP(C)(C)=O)[C@H](OC)C2)CC(=O)[C@H](C)/C=C(\C)[C@@H](O)[C@@H](OC)C(=O)[C@H](C)C[C@H](C)/C=C/C=C/C=C\1C. The maximum Gasteiger partial charge on any atom is 0.329 e. The molecule has 1 amide bonds. The van der Waals surface area contributed by atoms with Crippen molar-refractivity contribution in [2.75, 3.05) is 41.2 Å². The number of cyclic esters (lactones) is 1. The molecule has 0 radical (unpaired) electrons. The Hall–Kier alpha value is -3.14. The van der Waals surface area contributed by atoms with E-state index in [4.69, 9.17) is 28.2 Å². The molecule has 2 N–H and O–H groups in total. The zero-order valence-corrected chi connectivity index (χ0v) is 44.3. The van der Waals surface area contributed by atoms with Crippen molar-refractivity contribution in [1.82, 2.24) is 4.90 Å². The van der Waals surface area contributed by atoms with Crippen LogP contribution in [0.15, 0.2) is 47.6 Å². The molecule has 3 fully saturated rings. The van der Waals surface area contributed by atoms with E-state index in [-0.39, 0.29) is 60.9 Å². The Morgan fingerprint density at radius 1 is 0.855 bits per heavy atom. The van der Waals surface area contributed by atoms with Crippen LogP contribution in [-0.4, -0.2) is 140 Å². The second-order valence-corrected chi connectivity index (χ2v) is 23.6. The molecule has 15 nitrogen and oxygen atoms in total. The van der Waals surface area contributed by atoms with E-state index < -0.39 is 85.1 Å². The molecule has 2 bridgehead atoms. The number of carbonyl (C=O) groups excluding carboxylic acids is 5. The van der Waals surface area contributed by atoms with Gasteiger partial charge in [0.15, 0.2) is 13.2 Å². The van der Waals surface area contributed by atoms with Crippen molar-refractivity contribution in [2.45, 2.75) is 180 Å². The van der Waals surface area contributed by atoms with Crippen molar-refractivity contribution in [2.24, 2.45) is 35.5 Å². The van der Waals surface area contributed by atoms with Gasteiger partial charge in [0.05, 0.1) is 24.4 Å². The molecule has 2 unspecified atom stereocenters. The van der Waals surface area contributed by atoms with E-state index in [2.05, 4.69) is 0 Å². The van der Waals surface area contributed by atoms with Gasteiger partial charge < -0.3 is 43.3 Å². The van der Waals surface area contributed by atoms with Crippen LogP contribution in [0, 0.1) is 35.5 Å². The number of methoxy groups -OCH3 is 3. The molecular weight excluding hydrogens is 906 g/mol. The monoisotopic (exact) mass is 990 g/mol. The number of ketones is 3. The molecule has 4 aliphatic rings. The molecular formula is C53H84NO14P. The van der Waals surface area contributed by atoms with Gasteiger partial charge in [-0.1, -0.05) is 71.1 Å². The zero-order chi connectivity index (χ0) is 51.4. The van der Waals surface area contributed by atoms with Crippen LogP contribution >= 0.6 is 7.37 Å². The van der Waals surface area contributed by atoms with E-state index in [0.29, 0.717) is 63.4 Å². The van der Waals surface area contributed by atoms with Gasteiger partial charge in [-0.05, 0) is 107 Å². The number of hydrogen-bond donors (Lipinski definition) is 2. The van der Waals surface area contributed by atoms with Crippen LogP contribution in [0.25, 0.3) is 0 Å². The Balaban J connectivity index is 1.70. The molecule has 0 aromatic carbocycles. The van der Waals surface area contributed by atoms with Gasteiger partial charge in [0.1, 0.15) is 30.1 Å². The highest BCUT2D eigenvalue weighted by atomic mass is 31.2. The van der Waals surface area contributed by atoms with Crippen LogP contribution < -0.4 is 0 Å². The van der Waals surface area contributed by atoms with Crippen molar-refractivity contribution in [1.29, 1.82) is 0 Å². The summed E-state index contributed by atoms with van der Waals surface area (Å²) >= 11 is 0. The van der Waals surface area contributed by atoms with E-state index in [1.807, 2.05) is 58.1 Å². The summed E-state index contributed by atoms with van der Waals surface area (Å²) in [6, 6.07) is -1.16. The van der Waals surface area contributed by atoms with Crippen LogP contribution in [-0.2, 0) is 56.7 Å². The lowest BCUT2D eigenvalue weighted by atomic mass is 9.78. The molecule has 390 valence electrons.